The van der Waals surface area contributed by atoms with Crippen molar-refractivity contribution in [3.05, 3.63) is 53.6 Å². The number of fused-ring (bicyclic) bond motifs is 1. The van der Waals surface area contributed by atoms with Crippen molar-refractivity contribution >= 4 is 22.6 Å². The fourth-order valence-corrected chi connectivity index (χ4v) is 2.18. The van der Waals surface area contributed by atoms with Gasteiger partial charge in [-0.1, -0.05) is 29.5 Å². The van der Waals surface area contributed by atoms with Gasteiger partial charge in [-0.2, -0.15) is 0 Å². The highest BCUT2D eigenvalue weighted by Crippen LogP contribution is 2.21. The Morgan fingerprint density at radius 3 is 2.83 bits per heavy atom. The van der Waals surface area contributed by atoms with E-state index in [4.69, 9.17) is 11.6 Å². The molecule has 18 heavy (non-hydrogen) atoms. The Balaban J connectivity index is 2.25. The zero-order valence-corrected chi connectivity index (χ0v) is 10.7. The van der Waals surface area contributed by atoms with Crippen LogP contribution in [0.1, 0.15) is 11.1 Å². The van der Waals surface area contributed by atoms with Crippen LogP contribution in [0.5, 0.6) is 0 Å². The summed E-state index contributed by atoms with van der Waals surface area (Å²) in [6.07, 6.45) is 0. The first kappa shape index (κ1) is 11.2. The number of benzene rings is 2. The Kier molecular flexibility index (Phi) is 2.76. The van der Waals surface area contributed by atoms with Crippen LogP contribution >= 0.6 is 11.6 Å². The van der Waals surface area contributed by atoms with Crippen molar-refractivity contribution in [2.24, 2.45) is 0 Å². The van der Waals surface area contributed by atoms with Gasteiger partial charge in [0.05, 0.1) is 11.2 Å². The van der Waals surface area contributed by atoms with Crippen LogP contribution < -0.4 is 0 Å². The van der Waals surface area contributed by atoms with E-state index < -0.39 is 0 Å². The minimum atomic E-state index is 0.500. The number of aromatic nitrogens is 3. The molecule has 0 saturated heterocycles. The van der Waals surface area contributed by atoms with Crippen molar-refractivity contribution in [2.45, 2.75) is 12.8 Å². The number of hydrogen-bond donors (Lipinski definition) is 0. The van der Waals surface area contributed by atoms with E-state index in [0.717, 1.165) is 27.8 Å². The Morgan fingerprint density at radius 2 is 2.00 bits per heavy atom. The van der Waals surface area contributed by atoms with E-state index in [9.17, 15) is 0 Å². The predicted octanol–water partition coefficient (Wildman–Crippen LogP) is 3.47. The van der Waals surface area contributed by atoms with Gasteiger partial charge < -0.3 is 0 Å². The molecule has 4 heteroatoms. The molecule has 1 heterocycles. The van der Waals surface area contributed by atoms with E-state index in [-0.39, 0.29) is 0 Å². The molecular formula is C14H12ClN3. The predicted molar refractivity (Wildman–Crippen MR) is 73.2 cm³/mol. The molecule has 0 N–H and O–H groups in total. The average Bonchev–Trinajstić information content (AvgIpc) is 2.83. The molecule has 0 amide bonds. The van der Waals surface area contributed by atoms with Crippen LogP contribution in [0.2, 0.25) is 0 Å². The molecule has 0 fully saturated rings. The summed E-state index contributed by atoms with van der Waals surface area (Å²) in [6, 6.07) is 14.1. The Hall–Kier alpha value is -1.87. The van der Waals surface area contributed by atoms with Crippen LogP contribution in [0.3, 0.4) is 0 Å². The van der Waals surface area contributed by atoms with Gasteiger partial charge in [0.2, 0.25) is 0 Å². The van der Waals surface area contributed by atoms with Gasteiger partial charge in [-0.25, -0.2) is 4.68 Å². The van der Waals surface area contributed by atoms with Crippen LogP contribution in [0, 0.1) is 6.92 Å². The Bertz CT molecular complexity index is 703. The average molecular weight is 258 g/mol. The van der Waals surface area contributed by atoms with Gasteiger partial charge in [-0.05, 0) is 36.2 Å². The number of halogens is 1. The van der Waals surface area contributed by atoms with E-state index in [1.165, 1.54) is 0 Å². The first-order valence-electron chi connectivity index (χ1n) is 5.76. The molecule has 0 bridgehead atoms. The second kappa shape index (κ2) is 4.42. The van der Waals surface area contributed by atoms with E-state index in [1.807, 2.05) is 35.0 Å². The second-order valence-electron chi connectivity index (χ2n) is 4.24. The first-order valence-corrected chi connectivity index (χ1v) is 6.29. The lowest BCUT2D eigenvalue weighted by Gasteiger charge is -2.08. The van der Waals surface area contributed by atoms with Gasteiger partial charge in [0.25, 0.3) is 0 Å². The number of alkyl halides is 1. The van der Waals surface area contributed by atoms with Gasteiger partial charge in [0.1, 0.15) is 5.52 Å². The topological polar surface area (TPSA) is 30.7 Å². The molecule has 3 aromatic rings. The standard InChI is InChI=1S/C14H12ClN3/c1-10-6-7-11(9-15)8-14(10)18-13-5-3-2-4-12(13)16-17-18/h2-8H,9H2,1H3. The highest BCUT2D eigenvalue weighted by molar-refractivity contribution is 6.17. The normalized spacial score (nSPS) is 11.0. The third-order valence-corrected chi connectivity index (χ3v) is 3.32. The number of para-hydroxylation sites is 1. The van der Waals surface area contributed by atoms with Crippen LogP contribution in [-0.2, 0) is 5.88 Å². The second-order valence-corrected chi connectivity index (χ2v) is 4.51. The number of rotatable bonds is 2. The fourth-order valence-electron chi connectivity index (χ4n) is 2.01. The smallest absolute Gasteiger partial charge is 0.113 e. The molecule has 0 unspecified atom stereocenters. The minimum absolute atomic E-state index is 0.500. The summed E-state index contributed by atoms with van der Waals surface area (Å²) in [5.74, 6) is 0.500. The molecule has 0 spiro atoms. The zero-order valence-electron chi connectivity index (χ0n) is 9.97. The summed E-state index contributed by atoms with van der Waals surface area (Å²) >= 11 is 5.89. The quantitative estimate of drug-likeness (QED) is 0.658. The third kappa shape index (κ3) is 1.77. The molecule has 3 rings (SSSR count). The molecule has 2 aromatic carbocycles. The molecule has 0 saturated carbocycles. The van der Waals surface area contributed by atoms with E-state index in [0.29, 0.717) is 5.88 Å². The van der Waals surface area contributed by atoms with Crippen molar-refractivity contribution in [1.82, 2.24) is 15.0 Å². The summed E-state index contributed by atoms with van der Waals surface area (Å²) in [5.41, 5.74) is 5.17. The zero-order chi connectivity index (χ0) is 12.5. The molecule has 0 aliphatic rings. The highest BCUT2D eigenvalue weighted by atomic mass is 35.5. The summed E-state index contributed by atoms with van der Waals surface area (Å²) < 4.78 is 1.86. The van der Waals surface area contributed by atoms with Gasteiger partial charge in [-0.15, -0.1) is 16.7 Å². The summed E-state index contributed by atoms with van der Waals surface area (Å²) in [6.45, 7) is 2.06. The Morgan fingerprint density at radius 1 is 1.17 bits per heavy atom. The fraction of sp³-hybridized carbons (Fsp3) is 0.143. The summed E-state index contributed by atoms with van der Waals surface area (Å²) in [7, 11) is 0. The summed E-state index contributed by atoms with van der Waals surface area (Å²) in [4.78, 5) is 0. The molecule has 1 aromatic heterocycles. The monoisotopic (exact) mass is 257 g/mol. The maximum atomic E-state index is 5.89. The van der Waals surface area contributed by atoms with Gasteiger partial charge in [0, 0.05) is 5.88 Å². The van der Waals surface area contributed by atoms with Crippen LogP contribution in [-0.4, -0.2) is 15.0 Å². The van der Waals surface area contributed by atoms with Crippen LogP contribution in [0.25, 0.3) is 16.7 Å². The molecule has 0 atom stereocenters. The van der Waals surface area contributed by atoms with Crippen molar-refractivity contribution in [3.63, 3.8) is 0 Å². The SMILES string of the molecule is Cc1ccc(CCl)cc1-n1nnc2ccccc21. The third-order valence-electron chi connectivity index (χ3n) is 3.01. The van der Waals surface area contributed by atoms with Gasteiger partial charge >= 0.3 is 0 Å². The minimum Gasteiger partial charge on any atom is -0.213 e. The van der Waals surface area contributed by atoms with Crippen LogP contribution in [0.4, 0.5) is 0 Å². The van der Waals surface area contributed by atoms with Crippen molar-refractivity contribution < 1.29 is 0 Å². The number of aryl methyl sites for hydroxylation is 1. The lowest BCUT2D eigenvalue weighted by molar-refractivity contribution is 0.818. The van der Waals surface area contributed by atoms with Crippen molar-refractivity contribution in [2.75, 3.05) is 0 Å². The van der Waals surface area contributed by atoms with Crippen LogP contribution in [0.15, 0.2) is 42.5 Å². The number of hydrogen-bond acceptors (Lipinski definition) is 2. The van der Waals surface area contributed by atoms with E-state index in [2.05, 4.69) is 29.4 Å². The highest BCUT2D eigenvalue weighted by Gasteiger charge is 2.08. The molecule has 3 nitrogen and oxygen atoms in total. The largest absolute Gasteiger partial charge is 0.213 e. The van der Waals surface area contributed by atoms with E-state index >= 15 is 0 Å². The van der Waals surface area contributed by atoms with E-state index in [1.54, 1.807) is 0 Å². The first-order chi connectivity index (χ1) is 8.79. The lowest BCUT2D eigenvalue weighted by atomic mass is 10.1. The Labute approximate surface area is 110 Å². The summed E-state index contributed by atoms with van der Waals surface area (Å²) in [5, 5.41) is 8.40. The maximum absolute atomic E-state index is 5.89. The number of nitrogens with zero attached hydrogens (tertiary/aromatic N) is 3. The molecular weight excluding hydrogens is 246 g/mol. The molecule has 0 radical (unpaired) electrons. The molecule has 90 valence electrons. The molecule has 0 aliphatic heterocycles. The maximum Gasteiger partial charge on any atom is 0.113 e. The molecule has 0 aliphatic carbocycles. The van der Waals surface area contributed by atoms with Crippen molar-refractivity contribution in [3.8, 4) is 5.69 Å². The van der Waals surface area contributed by atoms with Gasteiger partial charge in [-0.3, -0.25) is 0 Å². The van der Waals surface area contributed by atoms with Gasteiger partial charge in [0.15, 0.2) is 0 Å². The van der Waals surface area contributed by atoms with Crippen molar-refractivity contribution in [1.29, 1.82) is 0 Å². The lowest BCUT2D eigenvalue weighted by Crippen LogP contribution is -2.00.